The van der Waals surface area contributed by atoms with Crippen molar-refractivity contribution in [2.45, 2.75) is 18.8 Å². The molecular weight excluding hydrogens is 392 g/mol. The van der Waals surface area contributed by atoms with Crippen LogP contribution in [0.1, 0.15) is 0 Å². The zero-order valence-corrected chi connectivity index (χ0v) is 14.5. The monoisotopic (exact) mass is 406 g/mol. The topological polar surface area (TPSA) is 98.3 Å². The number of anilines is 1. The smallest absolute Gasteiger partial charge is 0.415 e. The number of likely N-dealkylation sites (N-methyl/N-ethyl adjacent to an activating group) is 1. The predicted octanol–water partition coefficient (Wildman–Crippen LogP) is 1.47. The molecule has 0 radical (unpaired) electrons. The quantitative estimate of drug-likeness (QED) is 0.613. The molecule has 13 heteroatoms. The largest absolute Gasteiger partial charge is 0.434 e. The second-order valence-electron chi connectivity index (χ2n) is 5.73. The molecule has 1 aliphatic heterocycles. The number of alkyl halides is 3. The number of nitrogens with zero attached hydrogens (tertiary/aromatic N) is 3. The lowest BCUT2D eigenvalue weighted by atomic mass is 10.2. The van der Waals surface area contributed by atoms with Crippen LogP contribution in [0, 0.1) is 5.82 Å². The highest BCUT2D eigenvalue weighted by Crippen LogP contribution is 2.29. The van der Waals surface area contributed by atoms with Gasteiger partial charge in [0.05, 0.1) is 12.2 Å². The number of benzene rings is 1. The van der Waals surface area contributed by atoms with E-state index in [9.17, 15) is 27.2 Å². The van der Waals surface area contributed by atoms with Crippen LogP contribution in [-0.2, 0) is 20.9 Å². The molecule has 1 N–H and O–H groups in total. The van der Waals surface area contributed by atoms with Crippen LogP contribution in [0.25, 0.3) is 11.1 Å². The van der Waals surface area contributed by atoms with E-state index in [-0.39, 0.29) is 17.8 Å². The minimum absolute atomic E-state index is 0.0571. The number of carbonyl (C=O) groups excluding carboxylic acids is 2. The van der Waals surface area contributed by atoms with Crippen LogP contribution < -0.4 is 15.9 Å². The Labute approximate surface area is 154 Å². The van der Waals surface area contributed by atoms with Gasteiger partial charge < -0.3 is 19.3 Å². The van der Waals surface area contributed by atoms with E-state index in [1.165, 1.54) is 7.05 Å². The van der Waals surface area contributed by atoms with E-state index in [0.29, 0.717) is 4.57 Å². The standard InChI is InChI=1S/C15H14F4N4O5/c1-20-12(24)10-5-22(14(25)28-10)7-3-8(16)11-9(4-7)27-13(21-26-2)23(11)6-15(17,18)19/h3-4,10H,5-6H2,1-2H3,(H,20,24)/b21-13+. The summed E-state index contributed by atoms with van der Waals surface area (Å²) in [4.78, 5) is 29.0. The lowest BCUT2D eigenvalue weighted by molar-refractivity contribution is -0.141. The fraction of sp³-hybridized carbons (Fsp3) is 0.400. The molecule has 9 nitrogen and oxygen atoms in total. The Morgan fingerprint density at radius 1 is 1.43 bits per heavy atom. The van der Waals surface area contributed by atoms with Gasteiger partial charge in [-0.2, -0.15) is 13.2 Å². The lowest BCUT2D eigenvalue weighted by Gasteiger charge is -2.13. The molecule has 28 heavy (non-hydrogen) atoms. The van der Waals surface area contributed by atoms with E-state index < -0.39 is 47.8 Å². The van der Waals surface area contributed by atoms with Crippen LogP contribution in [-0.4, -0.2) is 49.6 Å². The number of ether oxygens (including phenoxy) is 1. The summed E-state index contributed by atoms with van der Waals surface area (Å²) in [6.45, 7) is -1.77. The summed E-state index contributed by atoms with van der Waals surface area (Å²) >= 11 is 0. The molecule has 2 aromatic rings. The number of halogens is 4. The molecule has 2 amide bonds. The Morgan fingerprint density at radius 3 is 2.75 bits per heavy atom. The van der Waals surface area contributed by atoms with Crippen molar-refractivity contribution in [2.75, 3.05) is 25.6 Å². The van der Waals surface area contributed by atoms with Crippen molar-refractivity contribution in [2.24, 2.45) is 5.16 Å². The Hall–Kier alpha value is -3.25. The van der Waals surface area contributed by atoms with Crippen molar-refractivity contribution >= 4 is 28.8 Å². The number of cyclic esters (lactones) is 1. The lowest BCUT2D eigenvalue weighted by Crippen LogP contribution is -2.35. The highest BCUT2D eigenvalue weighted by molar-refractivity contribution is 5.96. The maximum Gasteiger partial charge on any atom is 0.415 e. The van der Waals surface area contributed by atoms with Gasteiger partial charge in [-0.1, -0.05) is 0 Å². The van der Waals surface area contributed by atoms with Gasteiger partial charge in [0.15, 0.2) is 17.5 Å². The number of carbonyl (C=O) groups is 2. The summed E-state index contributed by atoms with van der Waals surface area (Å²) < 4.78 is 63.7. The van der Waals surface area contributed by atoms with Gasteiger partial charge >= 0.3 is 18.0 Å². The van der Waals surface area contributed by atoms with Gasteiger partial charge in [0.2, 0.25) is 0 Å². The average molecular weight is 406 g/mol. The van der Waals surface area contributed by atoms with Gasteiger partial charge in [0.1, 0.15) is 19.2 Å². The van der Waals surface area contributed by atoms with E-state index in [1.54, 1.807) is 0 Å². The maximum atomic E-state index is 14.6. The van der Waals surface area contributed by atoms with Crippen molar-refractivity contribution in [1.29, 1.82) is 0 Å². The van der Waals surface area contributed by atoms with Crippen LogP contribution in [0.15, 0.2) is 21.7 Å². The molecule has 0 bridgehead atoms. The molecule has 1 fully saturated rings. The number of oxazole rings is 1. The Balaban J connectivity index is 2.08. The van der Waals surface area contributed by atoms with Crippen LogP contribution in [0.4, 0.5) is 28.0 Å². The summed E-state index contributed by atoms with van der Waals surface area (Å²) in [7, 11) is 2.44. The molecule has 152 valence electrons. The van der Waals surface area contributed by atoms with Gasteiger partial charge in [-0.05, 0) is 5.16 Å². The number of hydrogen-bond acceptors (Lipinski definition) is 6. The molecule has 0 spiro atoms. The van der Waals surface area contributed by atoms with Crippen LogP contribution in [0.3, 0.4) is 0 Å². The van der Waals surface area contributed by atoms with E-state index in [4.69, 9.17) is 9.15 Å². The fourth-order valence-corrected chi connectivity index (χ4v) is 2.75. The first-order chi connectivity index (χ1) is 13.1. The number of rotatable bonds is 4. The Bertz CT molecular complexity index is 997. The van der Waals surface area contributed by atoms with Gasteiger partial charge in [0, 0.05) is 19.2 Å². The number of nitrogens with one attached hydrogen (secondary N) is 1. The summed E-state index contributed by atoms with van der Waals surface area (Å²) in [5, 5.41) is 5.64. The van der Waals surface area contributed by atoms with E-state index >= 15 is 0 Å². The summed E-state index contributed by atoms with van der Waals surface area (Å²) in [6, 6.07) is 1.99. The zero-order chi connectivity index (χ0) is 20.6. The van der Waals surface area contributed by atoms with Crippen LogP contribution in [0.5, 0.6) is 0 Å². The third-order valence-corrected chi connectivity index (χ3v) is 3.88. The maximum absolute atomic E-state index is 14.6. The molecule has 1 unspecified atom stereocenters. The SMILES string of the molecule is CNC(=O)C1CN(c2cc(F)c3c(c2)o/c(=N/OC)n3CC(F)(F)F)C(=O)O1. The van der Waals surface area contributed by atoms with Crippen molar-refractivity contribution in [3.8, 4) is 0 Å². The second-order valence-corrected chi connectivity index (χ2v) is 5.73. The highest BCUT2D eigenvalue weighted by Gasteiger charge is 2.37. The molecule has 1 aromatic carbocycles. The molecule has 1 aromatic heterocycles. The average Bonchev–Trinajstić information content (AvgIpc) is 3.14. The minimum atomic E-state index is -4.68. The Morgan fingerprint density at radius 2 is 2.14 bits per heavy atom. The van der Waals surface area contributed by atoms with Gasteiger partial charge in [0.25, 0.3) is 5.91 Å². The Kier molecular flexibility index (Phi) is 4.91. The molecule has 2 heterocycles. The normalized spacial score (nSPS) is 17.9. The third-order valence-electron chi connectivity index (χ3n) is 3.88. The number of aromatic nitrogens is 1. The van der Waals surface area contributed by atoms with E-state index in [1.807, 2.05) is 0 Å². The van der Waals surface area contributed by atoms with Crippen molar-refractivity contribution < 1.29 is 41.1 Å². The molecule has 1 aliphatic rings. The second kappa shape index (κ2) is 7.05. The molecule has 1 saturated heterocycles. The molecule has 3 rings (SSSR count). The first-order valence-electron chi connectivity index (χ1n) is 7.81. The van der Waals surface area contributed by atoms with Gasteiger partial charge in [-0.3, -0.25) is 14.3 Å². The van der Waals surface area contributed by atoms with Crippen molar-refractivity contribution in [1.82, 2.24) is 9.88 Å². The summed E-state index contributed by atoms with van der Waals surface area (Å²) in [6.07, 6.45) is -6.70. The number of hydrogen-bond donors (Lipinski definition) is 1. The molecule has 0 aliphatic carbocycles. The van der Waals surface area contributed by atoms with Crippen LogP contribution >= 0.6 is 0 Å². The van der Waals surface area contributed by atoms with Crippen molar-refractivity contribution in [3.63, 3.8) is 0 Å². The van der Waals surface area contributed by atoms with Crippen LogP contribution in [0.2, 0.25) is 0 Å². The zero-order valence-electron chi connectivity index (χ0n) is 14.5. The summed E-state index contributed by atoms with van der Waals surface area (Å²) in [5.41, 5.74) is -1.48. The minimum Gasteiger partial charge on any atom is -0.434 e. The van der Waals surface area contributed by atoms with Gasteiger partial charge in [-0.25, -0.2) is 9.18 Å². The highest BCUT2D eigenvalue weighted by atomic mass is 19.4. The van der Waals surface area contributed by atoms with Crippen molar-refractivity contribution in [3.05, 3.63) is 23.6 Å². The molecule has 0 saturated carbocycles. The summed E-state index contributed by atoms with van der Waals surface area (Å²) in [5.74, 6) is -1.64. The number of fused-ring (bicyclic) bond motifs is 1. The predicted molar refractivity (Wildman–Crippen MR) is 84.5 cm³/mol. The first kappa shape index (κ1) is 19.5. The molecular formula is C15H14F4N4O5. The number of amides is 2. The first-order valence-corrected chi connectivity index (χ1v) is 7.81. The van der Waals surface area contributed by atoms with Gasteiger partial charge in [-0.15, -0.1) is 0 Å². The van der Waals surface area contributed by atoms with E-state index in [2.05, 4.69) is 15.3 Å². The molecule has 1 atom stereocenters. The van der Waals surface area contributed by atoms with E-state index in [0.717, 1.165) is 24.1 Å². The fourth-order valence-electron chi connectivity index (χ4n) is 2.75. The third kappa shape index (κ3) is 3.59.